The number of hydrogen-bond acceptors (Lipinski definition) is 9. The number of anilines is 3. The van der Waals surface area contributed by atoms with Crippen LogP contribution >= 0.6 is 11.8 Å². The quantitative estimate of drug-likeness (QED) is 0.178. The van der Waals surface area contributed by atoms with E-state index < -0.39 is 22.5 Å². The minimum Gasteiger partial charge on any atom is -0.397 e. The Kier molecular flexibility index (Phi) is 10.2. The fourth-order valence-corrected chi connectivity index (χ4v) is 7.51. The van der Waals surface area contributed by atoms with E-state index in [1.807, 2.05) is 30.0 Å². The lowest BCUT2D eigenvalue weighted by molar-refractivity contribution is -0.128. The van der Waals surface area contributed by atoms with Crippen molar-refractivity contribution in [3.8, 4) is 12.1 Å². The smallest absolute Gasteiger partial charge is 0.255 e. The normalized spacial score (nSPS) is 18.2. The number of rotatable bonds is 10. The molecule has 1 aliphatic heterocycles. The van der Waals surface area contributed by atoms with Crippen molar-refractivity contribution in [2.24, 2.45) is 22.8 Å². The zero-order chi connectivity index (χ0) is 34.4. The number of nitrogens with zero attached hydrogens (tertiary/aromatic N) is 4. The van der Waals surface area contributed by atoms with Crippen molar-refractivity contribution in [2.45, 2.75) is 42.9 Å². The number of pyridine rings is 1. The van der Waals surface area contributed by atoms with Gasteiger partial charge in [-0.3, -0.25) is 14.4 Å². The van der Waals surface area contributed by atoms with Gasteiger partial charge in [0.15, 0.2) is 0 Å². The van der Waals surface area contributed by atoms with Gasteiger partial charge in [-0.2, -0.15) is 10.5 Å². The maximum atomic E-state index is 13.0. The fraction of sp³-hybridized carbons (Fsp3) is 0.278. The van der Waals surface area contributed by atoms with Crippen LogP contribution in [-0.2, 0) is 20.8 Å². The van der Waals surface area contributed by atoms with Crippen molar-refractivity contribution in [1.82, 2.24) is 4.98 Å². The average molecular weight is 661 g/mol. The van der Waals surface area contributed by atoms with Crippen LogP contribution in [0.1, 0.15) is 53.7 Å². The average Bonchev–Trinajstić information content (AvgIpc) is 3.11. The lowest BCUT2D eigenvalue weighted by Crippen LogP contribution is -2.47. The lowest BCUT2D eigenvalue weighted by atomic mass is 9.66. The maximum absolute atomic E-state index is 13.0. The van der Waals surface area contributed by atoms with Crippen LogP contribution in [0.2, 0.25) is 0 Å². The summed E-state index contributed by atoms with van der Waals surface area (Å²) < 4.78 is 0. The largest absolute Gasteiger partial charge is 0.397 e. The molecule has 1 aromatic heterocycles. The Morgan fingerprint density at radius 1 is 1.04 bits per heavy atom. The standard InChI is InChI=1S/C36H36N8O3S/c1-2-25-26(20-37)32(43-34(27(25)21-38)48-30(31(40)45)22-8-4-3-5-9-22)44-18-14-24(15-19-44)36(35(41)47)16-12-23(13-17-36)33(46)42-29-11-7-6-10-28(29)39/h3-13,16,24,30H,2,14-15,17-19,39H2,1H3,(H2,40,45)(H2,41,47)(H,42,46). The monoisotopic (exact) mass is 660 g/mol. The number of para-hydroxylation sites is 2. The number of amides is 3. The van der Waals surface area contributed by atoms with E-state index in [9.17, 15) is 24.9 Å². The predicted octanol–water partition coefficient (Wildman–Crippen LogP) is 4.50. The number of primary amides is 2. The fourth-order valence-electron chi connectivity index (χ4n) is 6.45. The Balaban J connectivity index is 1.38. The molecule has 2 unspecified atom stereocenters. The van der Waals surface area contributed by atoms with Crippen molar-refractivity contribution in [3.63, 3.8) is 0 Å². The first-order valence-corrected chi connectivity index (χ1v) is 16.5. The van der Waals surface area contributed by atoms with Crippen LogP contribution in [0.15, 0.2) is 83.4 Å². The summed E-state index contributed by atoms with van der Waals surface area (Å²) in [6.07, 6.45) is 6.93. The number of nitriles is 2. The number of nitrogen functional groups attached to an aromatic ring is 1. The molecule has 2 aromatic carbocycles. The van der Waals surface area contributed by atoms with E-state index in [1.165, 1.54) is 0 Å². The second-order valence-electron chi connectivity index (χ2n) is 11.8. The van der Waals surface area contributed by atoms with Gasteiger partial charge in [-0.15, -0.1) is 0 Å². The van der Waals surface area contributed by atoms with Crippen molar-refractivity contribution < 1.29 is 14.4 Å². The zero-order valence-electron chi connectivity index (χ0n) is 26.5. The number of allylic oxidation sites excluding steroid dienone is 1. The number of carbonyl (C=O) groups excluding carboxylic acids is 3. The first-order valence-electron chi connectivity index (χ1n) is 15.6. The summed E-state index contributed by atoms with van der Waals surface area (Å²) in [6.45, 7) is 2.81. The number of piperidine rings is 1. The summed E-state index contributed by atoms with van der Waals surface area (Å²) in [5, 5.41) is 22.7. The van der Waals surface area contributed by atoms with Crippen LogP contribution in [0.3, 0.4) is 0 Å². The number of aromatic nitrogens is 1. The molecular weight excluding hydrogens is 625 g/mol. The maximum Gasteiger partial charge on any atom is 0.255 e. The van der Waals surface area contributed by atoms with Gasteiger partial charge in [0.1, 0.15) is 28.2 Å². The van der Waals surface area contributed by atoms with Gasteiger partial charge in [-0.1, -0.05) is 79.4 Å². The first kappa shape index (κ1) is 33.8. The number of hydrogen-bond donors (Lipinski definition) is 4. The number of benzene rings is 2. The van der Waals surface area contributed by atoms with Crippen LogP contribution < -0.4 is 27.4 Å². The Bertz CT molecular complexity index is 1890. The van der Waals surface area contributed by atoms with E-state index in [0.29, 0.717) is 76.8 Å². The highest BCUT2D eigenvalue weighted by Gasteiger charge is 2.44. The molecule has 2 aliphatic rings. The predicted molar refractivity (Wildman–Crippen MR) is 185 cm³/mol. The highest BCUT2D eigenvalue weighted by molar-refractivity contribution is 8.00. The van der Waals surface area contributed by atoms with Crippen LogP contribution in [0.5, 0.6) is 0 Å². The van der Waals surface area contributed by atoms with Gasteiger partial charge in [0.2, 0.25) is 11.8 Å². The zero-order valence-corrected chi connectivity index (χ0v) is 27.3. The molecule has 3 amide bonds. The molecule has 0 radical (unpaired) electrons. The second-order valence-corrected chi connectivity index (χ2v) is 12.9. The van der Waals surface area contributed by atoms with Crippen LogP contribution in [0.4, 0.5) is 17.2 Å². The molecule has 3 aromatic rings. The van der Waals surface area contributed by atoms with E-state index in [1.54, 1.807) is 54.6 Å². The van der Waals surface area contributed by atoms with Gasteiger partial charge in [0.25, 0.3) is 5.91 Å². The minimum atomic E-state index is -0.988. The van der Waals surface area contributed by atoms with E-state index in [2.05, 4.69) is 17.5 Å². The van der Waals surface area contributed by atoms with Crippen LogP contribution in [-0.4, -0.2) is 35.8 Å². The van der Waals surface area contributed by atoms with Gasteiger partial charge in [0, 0.05) is 18.7 Å². The molecule has 2 heterocycles. The first-order chi connectivity index (χ1) is 23.1. The van der Waals surface area contributed by atoms with Gasteiger partial charge < -0.3 is 27.4 Å². The summed E-state index contributed by atoms with van der Waals surface area (Å²) in [7, 11) is 0. The second kappa shape index (κ2) is 14.4. The molecule has 11 nitrogen and oxygen atoms in total. The molecule has 0 bridgehead atoms. The van der Waals surface area contributed by atoms with Crippen LogP contribution in [0.25, 0.3) is 0 Å². The molecule has 12 heteroatoms. The number of nitrogens with one attached hydrogen (secondary N) is 1. The van der Waals surface area contributed by atoms with Gasteiger partial charge in [-0.25, -0.2) is 4.98 Å². The molecule has 244 valence electrons. The molecule has 1 aliphatic carbocycles. The third-order valence-corrected chi connectivity index (χ3v) is 10.3. The highest BCUT2D eigenvalue weighted by atomic mass is 32.2. The van der Waals surface area contributed by atoms with Crippen molar-refractivity contribution in [3.05, 3.63) is 101 Å². The summed E-state index contributed by atoms with van der Waals surface area (Å²) >= 11 is 1.10. The lowest BCUT2D eigenvalue weighted by Gasteiger charge is -2.42. The van der Waals surface area contributed by atoms with E-state index in [-0.39, 0.29) is 23.8 Å². The van der Waals surface area contributed by atoms with Gasteiger partial charge in [0.05, 0.1) is 27.9 Å². The summed E-state index contributed by atoms with van der Waals surface area (Å²) in [5.74, 6) is -1.08. The topological polar surface area (TPSA) is 205 Å². The Hall–Kier alpha value is -5.59. The molecule has 2 atom stereocenters. The number of nitrogens with two attached hydrogens (primary N) is 3. The van der Waals surface area contributed by atoms with Crippen molar-refractivity contribution in [1.29, 1.82) is 10.5 Å². The molecule has 1 fully saturated rings. The summed E-state index contributed by atoms with van der Waals surface area (Å²) in [6, 6.07) is 20.5. The molecule has 1 saturated heterocycles. The van der Waals surface area contributed by atoms with Gasteiger partial charge >= 0.3 is 0 Å². The molecular formula is C36H36N8O3S. The third-order valence-electron chi connectivity index (χ3n) is 9.09. The Labute approximate surface area is 283 Å². The van der Waals surface area contributed by atoms with Gasteiger partial charge in [-0.05, 0) is 54.9 Å². The van der Waals surface area contributed by atoms with E-state index in [0.717, 1.165) is 11.8 Å². The molecule has 7 N–H and O–H groups in total. The SMILES string of the molecule is CCc1c(C#N)c(SC(C(N)=O)c2ccccc2)nc(N2CCC(C3(C(N)=O)C=CC(C(=O)Nc4ccccc4N)=CC3)CC2)c1C#N. The molecule has 0 saturated carbocycles. The Morgan fingerprint density at radius 2 is 1.71 bits per heavy atom. The van der Waals surface area contributed by atoms with Crippen LogP contribution in [0, 0.1) is 34.0 Å². The summed E-state index contributed by atoms with van der Waals surface area (Å²) in [5.41, 5.74) is 20.0. The highest BCUT2D eigenvalue weighted by Crippen LogP contribution is 2.45. The van der Waals surface area contributed by atoms with E-state index in [4.69, 9.17) is 22.2 Å². The van der Waals surface area contributed by atoms with Crippen molar-refractivity contribution in [2.75, 3.05) is 29.0 Å². The summed E-state index contributed by atoms with van der Waals surface area (Å²) in [4.78, 5) is 45.3. The minimum absolute atomic E-state index is 0.131. The number of thioether (sulfide) groups is 1. The molecule has 48 heavy (non-hydrogen) atoms. The molecule has 5 rings (SSSR count). The Morgan fingerprint density at radius 3 is 2.27 bits per heavy atom. The number of carbonyl (C=O) groups is 3. The third kappa shape index (κ3) is 6.61. The van der Waals surface area contributed by atoms with E-state index >= 15 is 0 Å². The molecule has 0 spiro atoms. The van der Waals surface area contributed by atoms with Crippen molar-refractivity contribution >= 4 is 46.7 Å².